The van der Waals surface area contributed by atoms with Crippen LogP contribution in [0.25, 0.3) is 0 Å². The number of amides is 3. The number of carbonyl (C=O) groups is 2. The van der Waals surface area contributed by atoms with Gasteiger partial charge in [0.2, 0.25) is 0 Å². The number of benzene rings is 1. The highest BCUT2D eigenvalue weighted by Gasteiger charge is 2.49. The number of imide groups is 1. The number of aliphatic hydroxyl groups excluding tert-OH is 1. The molecular weight excluding hydrogens is 292 g/mol. The van der Waals surface area contributed by atoms with E-state index >= 15 is 0 Å². The van der Waals surface area contributed by atoms with Gasteiger partial charge in [-0.25, -0.2) is 4.79 Å². The third-order valence-corrected chi connectivity index (χ3v) is 4.32. The van der Waals surface area contributed by atoms with E-state index in [1.807, 2.05) is 13.8 Å². The minimum atomic E-state index is -0.938. The van der Waals surface area contributed by atoms with Crippen LogP contribution in [0.5, 0.6) is 0 Å². The van der Waals surface area contributed by atoms with Crippen LogP contribution < -0.4 is 5.32 Å². The number of hydrogen-bond donors (Lipinski definition) is 2. The molecule has 6 heteroatoms. The van der Waals surface area contributed by atoms with Crippen molar-refractivity contribution in [2.45, 2.75) is 32.4 Å². The van der Waals surface area contributed by atoms with Crippen molar-refractivity contribution in [3.05, 3.63) is 34.9 Å². The number of aliphatic hydroxyl groups is 1. The quantitative estimate of drug-likeness (QED) is 0.839. The summed E-state index contributed by atoms with van der Waals surface area (Å²) < 4.78 is 0. The van der Waals surface area contributed by atoms with Gasteiger partial charge in [0.25, 0.3) is 5.91 Å². The molecule has 0 radical (unpaired) electrons. The number of nitrogens with zero attached hydrogens (tertiary/aromatic N) is 1. The molecule has 1 aromatic carbocycles. The van der Waals surface area contributed by atoms with Crippen molar-refractivity contribution in [1.82, 2.24) is 10.2 Å². The third-order valence-electron chi connectivity index (χ3n) is 4.07. The Labute approximate surface area is 128 Å². The second-order valence-electron chi connectivity index (χ2n) is 5.77. The van der Waals surface area contributed by atoms with E-state index in [0.29, 0.717) is 10.6 Å². The lowest BCUT2D eigenvalue weighted by molar-refractivity contribution is -0.133. The highest BCUT2D eigenvalue weighted by molar-refractivity contribution is 6.30. The summed E-state index contributed by atoms with van der Waals surface area (Å²) >= 11 is 5.79. The molecule has 0 saturated carbocycles. The van der Waals surface area contributed by atoms with Crippen LogP contribution in [0, 0.1) is 5.92 Å². The van der Waals surface area contributed by atoms with Gasteiger partial charge in [-0.3, -0.25) is 9.69 Å². The van der Waals surface area contributed by atoms with Gasteiger partial charge in [-0.05, 0) is 30.5 Å². The molecule has 2 rings (SSSR count). The van der Waals surface area contributed by atoms with E-state index < -0.39 is 17.7 Å². The topological polar surface area (TPSA) is 69.6 Å². The van der Waals surface area contributed by atoms with E-state index in [4.69, 9.17) is 11.6 Å². The van der Waals surface area contributed by atoms with Gasteiger partial charge in [-0.2, -0.15) is 0 Å². The van der Waals surface area contributed by atoms with Crippen LogP contribution >= 0.6 is 11.6 Å². The summed E-state index contributed by atoms with van der Waals surface area (Å²) in [5.74, 6) is -0.345. The fourth-order valence-corrected chi connectivity index (χ4v) is 2.36. The zero-order valence-corrected chi connectivity index (χ0v) is 13.0. The van der Waals surface area contributed by atoms with Crippen molar-refractivity contribution in [3.8, 4) is 0 Å². The van der Waals surface area contributed by atoms with E-state index in [-0.39, 0.29) is 18.4 Å². The molecule has 21 heavy (non-hydrogen) atoms. The molecule has 0 aromatic heterocycles. The van der Waals surface area contributed by atoms with Crippen LogP contribution in [0.2, 0.25) is 5.02 Å². The first-order valence-electron chi connectivity index (χ1n) is 6.83. The van der Waals surface area contributed by atoms with E-state index in [1.54, 1.807) is 31.2 Å². The van der Waals surface area contributed by atoms with Crippen LogP contribution in [0.3, 0.4) is 0 Å². The highest BCUT2D eigenvalue weighted by Crippen LogP contribution is 2.27. The predicted molar refractivity (Wildman–Crippen MR) is 79.9 cm³/mol. The van der Waals surface area contributed by atoms with Crippen molar-refractivity contribution >= 4 is 23.5 Å². The number of carbonyl (C=O) groups excluding carboxylic acids is 2. The first-order chi connectivity index (χ1) is 9.75. The maximum Gasteiger partial charge on any atom is 0.325 e. The molecule has 1 aliphatic heterocycles. The number of nitrogens with one attached hydrogen (secondary N) is 1. The zero-order chi connectivity index (χ0) is 15.8. The standard InChI is InChI=1S/C15H19ClN2O3/c1-9(2)15(3)13(20)18(14(21)17-15)8-12(19)10-4-6-11(16)7-5-10/h4-7,9,12,19H,8H2,1-3H3,(H,17,21)/t12-,15-/m1/s1. The SMILES string of the molecule is CC(C)[C@@]1(C)NC(=O)N(C[C@@H](O)c2ccc(Cl)cc2)C1=O. The number of β-amino-alcohol motifs (C(OH)–C–C–N with tert-alkyl or cyclic N) is 1. The van der Waals surface area contributed by atoms with E-state index in [1.165, 1.54) is 0 Å². The molecule has 0 aliphatic carbocycles. The van der Waals surface area contributed by atoms with Gasteiger partial charge in [-0.15, -0.1) is 0 Å². The Balaban J connectivity index is 2.14. The Kier molecular flexibility index (Phi) is 4.25. The number of hydrogen-bond acceptors (Lipinski definition) is 3. The van der Waals surface area contributed by atoms with Gasteiger partial charge in [0.15, 0.2) is 0 Å². The largest absolute Gasteiger partial charge is 0.387 e. The Bertz CT molecular complexity index is 559. The van der Waals surface area contributed by atoms with E-state index in [9.17, 15) is 14.7 Å². The average molecular weight is 311 g/mol. The number of halogens is 1. The molecule has 114 valence electrons. The Morgan fingerprint density at radius 3 is 2.33 bits per heavy atom. The maximum atomic E-state index is 12.4. The molecule has 0 unspecified atom stereocenters. The lowest BCUT2D eigenvalue weighted by atomic mass is 9.88. The fraction of sp³-hybridized carbons (Fsp3) is 0.467. The van der Waals surface area contributed by atoms with Crippen molar-refractivity contribution in [2.75, 3.05) is 6.54 Å². The Morgan fingerprint density at radius 2 is 1.86 bits per heavy atom. The summed E-state index contributed by atoms with van der Waals surface area (Å²) in [4.78, 5) is 25.5. The number of rotatable bonds is 4. The first kappa shape index (κ1) is 15.8. The van der Waals surface area contributed by atoms with Crippen LogP contribution in [0.15, 0.2) is 24.3 Å². The summed E-state index contributed by atoms with van der Waals surface area (Å²) in [5.41, 5.74) is -0.310. The molecule has 3 amide bonds. The Hall–Kier alpha value is -1.59. The monoisotopic (exact) mass is 310 g/mol. The van der Waals surface area contributed by atoms with Crippen LogP contribution in [-0.4, -0.2) is 34.0 Å². The Morgan fingerprint density at radius 1 is 1.29 bits per heavy atom. The van der Waals surface area contributed by atoms with Gasteiger partial charge in [0.1, 0.15) is 5.54 Å². The molecule has 1 aliphatic rings. The summed E-state index contributed by atoms with van der Waals surface area (Å²) in [6, 6.07) is 6.19. The van der Waals surface area contributed by atoms with Gasteiger partial charge < -0.3 is 10.4 Å². The predicted octanol–water partition coefficient (Wildman–Crippen LogP) is 2.34. The minimum absolute atomic E-state index is 0.0355. The van der Waals surface area contributed by atoms with Gasteiger partial charge >= 0.3 is 6.03 Å². The van der Waals surface area contributed by atoms with Crippen molar-refractivity contribution < 1.29 is 14.7 Å². The normalized spacial score (nSPS) is 23.6. The molecule has 0 spiro atoms. The van der Waals surface area contributed by atoms with E-state index in [0.717, 1.165) is 4.90 Å². The third kappa shape index (κ3) is 2.89. The van der Waals surface area contributed by atoms with Gasteiger partial charge in [-0.1, -0.05) is 37.6 Å². The van der Waals surface area contributed by atoms with Crippen molar-refractivity contribution in [1.29, 1.82) is 0 Å². The van der Waals surface area contributed by atoms with E-state index in [2.05, 4.69) is 5.32 Å². The first-order valence-corrected chi connectivity index (χ1v) is 7.21. The second kappa shape index (κ2) is 5.66. The number of urea groups is 1. The smallest absolute Gasteiger partial charge is 0.325 e. The molecule has 1 fully saturated rings. The molecule has 2 N–H and O–H groups in total. The molecule has 1 aromatic rings. The van der Waals surface area contributed by atoms with Crippen LogP contribution in [-0.2, 0) is 4.79 Å². The molecule has 1 heterocycles. The lowest BCUT2D eigenvalue weighted by Gasteiger charge is -2.26. The molecular formula is C15H19ClN2O3. The average Bonchev–Trinajstić information content (AvgIpc) is 2.64. The summed E-state index contributed by atoms with van der Waals surface area (Å²) in [7, 11) is 0. The maximum absolute atomic E-state index is 12.4. The van der Waals surface area contributed by atoms with Crippen molar-refractivity contribution in [3.63, 3.8) is 0 Å². The second-order valence-corrected chi connectivity index (χ2v) is 6.21. The fourth-order valence-electron chi connectivity index (χ4n) is 2.24. The zero-order valence-electron chi connectivity index (χ0n) is 12.3. The van der Waals surface area contributed by atoms with Gasteiger partial charge in [0.05, 0.1) is 12.6 Å². The minimum Gasteiger partial charge on any atom is -0.387 e. The highest BCUT2D eigenvalue weighted by atomic mass is 35.5. The van der Waals surface area contributed by atoms with Gasteiger partial charge in [0, 0.05) is 5.02 Å². The lowest BCUT2D eigenvalue weighted by Crippen LogP contribution is -2.48. The molecule has 2 atom stereocenters. The van der Waals surface area contributed by atoms with Crippen LogP contribution in [0.4, 0.5) is 4.79 Å². The molecule has 5 nitrogen and oxygen atoms in total. The summed E-state index contributed by atoms with van der Waals surface area (Å²) in [6.07, 6.45) is -0.938. The van der Waals surface area contributed by atoms with Crippen molar-refractivity contribution in [2.24, 2.45) is 5.92 Å². The molecule has 0 bridgehead atoms. The summed E-state index contributed by atoms with van der Waals surface area (Å²) in [5, 5.41) is 13.5. The van der Waals surface area contributed by atoms with Crippen LogP contribution in [0.1, 0.15) is 32.4 Å². The summed E-state index contributed by atoms with van der Waals surface area (Å²) in [6.45, 7) is 5.37. The molecule has 1 saturated heterocycles.